The molecule has 0 saturated carbocycles. The van der Waals surface area contributed by atoms with Gasteiger partial charge in [-0.15, -0.1) is 0 Å². The molecule has 1 aromatic heterocycles. The van der Waals surface area contributed by atoms with Crippen molar-refractivity contribution in [2.75, 3.05) is 33.2 Å². The zero-order chi connectivity index (χ0) is 13.8. The van der Waals surface area contributed by atoms with Crippen molar-refractivity contribution >= 4 is 17.5 Å². The van der Waals surface area contributed by atoms with Crippen molar-refractivity contribution in [3.05, 3.63) is 23.2 Å². The maximum absolute atomic E-state index is 12.3. The molecular formula is C12H14ClN5O. The van der Waals surface area contributed by atoms with Crippen LogP contribution < -0.4 is 0 Å². The molecule has 2 heterocycles. The topological polar surface area (TPSA) is 73.1 Å². The number of carbonyl (C=O) groups excluding carboxylic acids is 1. The van der Waals surface area contributed by atoms with Gasteiger partial charge in [-0.2, -0.15) is 5.26 Å². The molecule has 7 heteroatoms. The van der Waals surface area contributed by atoms with Crippen LogP contribution in [0.25, 0.3) is 0 Å². The lowest BCUT2D eigenvalue weighted by atomic mass is 10.0. The van der Waals surface area contributed by atoms with Crippen molar-refractivity contribution < 1.29 is 4.79 Å². The third-order valence-electron chi connectivity index (χ3n) is 3.14. The monoisotopic (exact) mass is 279 g/mol. The lowest BCUT2D eigenvalue weighted by Crippen LogP contribution is -2.48. The average molecular weight is 280 g/mol. The van der Waals surface area contributed by atoms with Gasteiger partial charge in [-0.05, 0) is 13.1 Å². The molecule has 2 rings (SSSR count). The van der Waals surface area contributed by atoms with E-state index in [1.54, 1.807) is 4.90 Å². The summed E-state index contributed by atoms with van der Waals surface area (Å²) in [6.07, 6.45) is 1.26. The fraction of sp³-hybridized carbons (Fsp3) is 0.500. The molecule has 0 aromatic carbocycles. The second-order valence-corrected chi connectivity index (χ2v) is 4.84. The van der Waals surface area contributed by atoms with Crippen molar-refractivity contribution in [2.24, 2.45) is 0 Å². The van der Waals surface area contributed by atoms with E-state index in [-0.39, 0.29) is 11.1 Å². The number of aromatic nitrogens is 2. The number of piperazine rings is 1. The Morgan fingerprint density at radius 2 is 2.11 bits per heavy atom. The molecule has 1 aromatic rings. The zero-order valence-electron chi connectivity index (χ0n) is 10.6. The molecule has 1 amide bonds. The van der Waals surface area contributed by atoms with Crippen LogP contribution in [0.3, 0.4) is 0 Å². The van der Waals surface area contributed by atoms with Crippen molar-refractivity contribution in [3.63, 3.8) is 0 Å². The van der Waals surface area contributed by atoms with E-state index in [1.807, 2.05) is 13.1 Å². The van der Waals surface area contributed by atoms with Crippen LogP contribution in [0.15, 0.2) is 12.4 Å². The molecule has 0 unspecified atom stereocenters. The quantitative estimate of drug-likeness (QED) is 0.738. The van der Waals surface area contributed by atoms with Crippen molar-refractivity contribution in [2.45, 2.75) is 5.92 Å². The largest absolute Gasteiger partial charge is 0.339 e. The van der Waals surface area contributed by atoms with Gasteiger partial charge in [0.25, 0.3) is 0 Å². The Kier molecular flexibility index (Phi) is 4.30. The standard InChI is InChI=1S/C12H14ClN5O/c1-17-2-4-18(5-3-17)12(19)9(7-14)10-6-11(13)16-8-15-10/h6,8-9H,2-5H2,1H3/t9-/m1/s1. The molecule has 1 aliphatic heterocycles. The Bertz CT molecular complexity index is 507. The fourth-order valence-corrected chi connectivity index (χ4v) is 2.12. The van der Waals surface area contributed by atoms with Gasteiger partial charge in [0.1, 0.15) is 11.5 Å². The Hall–Kier alpha value is -1.71. The summed E-state index contributed by atoms with van der Waals surface area (Å²) in [4.78, 5) is 23.9. The van der Waals surface area contributed by atoms with E-state index in [1.165, 1.54) is 12.4 Å². The highest BCUT2D eigenvalue weighted by Gasteiger charge is 2.29. The minimum absolute atomic E-state index is 0.217. The third-order valence-corrected chi connectivity index (χ3v) is 3.35. The van der Waals surface area contributed by atoms with Crippen LogP contribution in [0, 0.1) is 11.3 Å². The Balaban J connectivity index is 2.14. The molecule has 1 atom stereocenters. The molecular weight excluding hydrogens is 266 g/mol. The minimum Gasteiger partial charge on any atom is -0.339 e. The van der Waals surface area contributed by atoms with Crippen LogP contribution in [0.2, 0.25) is 5.15 Å². The minimum atomic E-state index is -0.913. The van der Waals surface area contributed by atoms with Crippen LogP contribution in [0.1, 0.15) is 11.6 Å². The second-order valence-electron chi connectivity index (χ2n) is 4.46. The summed E-state index contributed by atoms with van der Waals surface area (Å²) in [6, 6.07) is 3.46. The highest BCUT2D eigenvalue weighted by Crippen LogP contribution is 2.18. The van der Waals surface area contributed by atoms with E-state index >= 15 is 0 Å². The summed E-state index contributed by atoms with van der Waals surface area (Å²) in [5, 5.41) is 9.44. The Labute approximate surface area is 116 Å². The number of nitrogens with zero attached hydrogens (tertiary/aromatic N) is 5. The van der Waals surface area contributed by atoms with E-state index in [0.29, 0.717) is 18.8 Å². The Morgan fingerprint density at radius 3 is 2.68 bits per heavy atom. The molecule has 1 fully saturated rings. The number of hydrogen-bond donors (Lipinski definition) is 0. The summed E-state index contributed by atoms with van der Waals surface area (Å²) in [5.74, 6) is -1.13. The summed E-state index contributed by atoms with van der Waals surface area (Å²) in [7, 11) is 2.01. The highest BCUT2D eigenvalue weighted by molar-refractivity contribution is 6.29. The van der Waals surface area contributed by atoms with Crippen LogP contribution >= 0.6 is 11.6 Å². The van der Waals surface area contributed by atoms with Gasteiger partial charge in [0.05, 0.1) is 11.8 Å². The van der Waals surface area contributed by atoms with Crippen LogP contribution in [0.5, 0.6) is 0 Å². The summed E-state index contributed by atoms with van der Waals surface area (Å²) >= 11 is 5.76. The number of hydrogen-bond acceptors (Lipinski definition) is 5. The van der Waals surface area contributed by atoms with E-state index in [0.717, 1.165) is 13.1 Å². The molecule has 0 bridgehead atoms. The van der Waals surface area contributed by atoms with E-state index < -0.39 is 5.92 Å². The molecule has 1 aliphatic rings. The van der Waals surface area contributed by atoms with Crippen molar-refractivity contribution in [3.8, 4) is 6.07 Å². The lowest BCUT2D eigenvalue weighted by molar-refractivity contribution is -0.133. The molecule has 1 saturated heterocycles. The van der Waals surface area contributed by atoms with Crippen LogP contribution in [-0.2, 0) is 4.79 Å². The predicted molar refractivity (Wildman–Crippen MR) is 69.5 cm³/mol. The number of amides is 1. The smallest absolute Gasteiger partial charge is 0.246 e. The van der Waals surface area contributed by atoms with Crippen molar-refractivity contribution in [1.82, 2.24) is 19.8 Å². The van der Waals surface area contributed by atoms with Gasteiger partial charge in [-0.25, -0.2) is 9.97 Å². The van der Waals surface area contributed by atoms with E-state index in [2.05, 4.69) is 14.9 Å². The first-order chi connectivity index (χ1) is 9.11. The molecule has 6 nitrogen and oxygen atoms in total. The number of nitriles is 1. The lowest BCUT2D eigenvalue weighted by Gasteiger charge is -2.33. The van der Waals surface area contributed by atoms with Gasteiger partial charge in [0, 0.05) is 26.2 Å². The van der Waals surface area contributed by atoms with Gasteiger partial charge < -0.3 is 9.80 Å². The number of rotatable bonds is 2. The first-order valence-corrected chi connectivity index (χ1v) is 6.34. The normalized spacial score (nSPS) is 17.8. The highest BCUT2D eigenvalue weighted by atomic mass is 35.5. The maximum Gasteiger partial charge on any atom is 0.246 e. The molecule has 0 spiro atoms. The third kappa shape index (κ3) is 3.19. The zero-order valence-corrected chi connectivity index (χ0v) is 11.3. The molecule has 0 radical (unpaired) electrons. The number of halogens is 1. The summed E-state index contributed by atoms with van der Waals surface area (Å²) in [6.45, 7) is 2.89. The first-order valence-electron chi connectivity index (χ1n) is 5.96. The molecule has 0 aliphatic carbocycles. The second kappa shape index (κ2) is 5.95. The number of carbonyl (C=O) groups is 1. The predicted octanol–water partition coefficient (Wildman–Crippen LogP) is 0.511. The molecule has 19 heavy (non-hydrogen) atoms. The van der Waals surface area contributed by atoms with Crippen LogP contribution in [0.4, 0.5) is 0 Å². The van der Waals surface area contributed by atoms with Gasteiger partial charge in [0.15, 0.2) is 5.92 Å². The van der Waals surface area contributed by atoms with E-state index in [4.69, 9.17) is 11.6 Å². The van der Waals surface area contributed by atoms with Crippen molar-refractivity contribution in [1.29, 1.82) is 5.26 Å². The average Bonchev–Trinajstić information content (AvgIpc) is 2.40. The SMILES string of the molecule is CN1CCN(C(=O)[C@H](C#N)c2cc(Cl)ncn2)CC1. The Morgan fingerprint density at radius 1 is 1.42 bits per heavy atom. The molecule has 0 N–H and O–H groups in total. The maximum atomic E-state index is 12.3. The van der Waals surface area contributed by atoms with Gasteiger partial charge in [-0.1, -0.05) is 11.6 Å². The summed E-state index contributed by atoms with van der Waals surface area (Å²) < 4.78 is 0. The van der Waals surface area contributed by atoms with Gasteiger partial charge in [0.2, 0.25) is 5.91 Å². The fourth-order valence-electron chi connectivity index (χ4n) is 1.96. The first kappa shape index (κ1) is 13.7. The molecule has 100 valence electrons. The van der Waals surface area contributed by atoms with Gasteiger partial charge in [-0.3, -0.25) is 4.79 Å². The van der Waals surface area contributed by atoms with E-state index in [9.17, 15) is 10.1 Å². The van der Waals surface area contributed by atoms with Gasteiger partial charge >= 0.3 is 0 Å². The van der Waals surface area contributed by atoms with Crippen LogP contribution in [-0.4, -0.2) is 58.9 Å². The summed E-state index contributed by atoms with van der Waals surface area (Å²) in [5.41, 5.74) is 0.353. The number of likely N-dealkylation sites (N-methyl/N-ethyl adjacent to an activating group) is 1.